The second-order valence-electron chi connectivity index (χ2n) is 13.4. The third-order valence-electron chi connectivity index (χ3n) is 11.9. The predicted octanol–water partition coefficient (Wildman–Crippen LogP) is 2.34. The van der Waals surface area contributed by atoms with Crippen molar-refractivity contribution in [3.63, 3.8) is 0 Å². The number of rotatable bonds is 1. The van der Waals surface area contributed by atoms with Crippen molar-refractivity contribution >= 4 is 5.97 Å². The van der Waals surface area contributed by atoms with Gasteiger partial charge in [-0.1, -0.05) is 25.5 Å². The van der Waals surface area contributed by atoms with Crippen LogP contribution in [0.25, 0.3) is 0 Å². The summed E-state index contributed by atoms with van der Waals surface area (Å²) in [5.41, 5.74) is 0.473. The maximum absolute atomic E-state index is 12.5. The zero-order valence-electron chi connectivity index (χ0n) is 22.1. The van der Waals surface area contributed by atoms with E-state index in [1.807, 2.05) is 0 Å². The number of carbonyl (C=O) groups is 1. The first-order chi connectivity index (χ1) is 18.2. The number of ether oxygens (including phenoxy) is 6. The van der Waals surface area contributed by atoms with Crippen LogP contribution < -0.4 is 0 Å². The Morgan fingerprint density at radius 2 is 1.97 bits per heavy atom. The van der Waals surface area contributed by atoms with Gasteiger partial charge in [-0.05, 0) is 67.3 Å². The Morgan fingerprint density at radius 1 is 1.11 bits per heavy atom. The van der Waals surface area contributed by atoms with Crippen LogP contribution in [-0.4, -0.2) is 78.3 Å². The molecule has 9 heteroatoms. The minimum absolute atomic E-state index is 0.0314. The predicted molar refractivity (Wildman–Crippen MR) is 130 cm³/mol. The number of aliphatic hydroxyl groups is 2. The quantitative estimate of drug-likeness (QED) is 0.390. The van der Waals surface area contributed by atoms with Crippen LogP contribution in [0, 0.1) is 28.6 Å². The average Bonchev–Trinajstić information content (AvgIpc) is 3.55. The minimum atomic E-state index is -1.05. The number of fused-ring (bicyclic) bond motifs is 6. The lowest BCUT2D eigenvalue weighted by molar-refractivity contribution is -0.422. The van der Waals surface area contributed by atoms with Gasteiger partial charge in [0.1, 0.15) is 18.8 Å². The van der Waals surface area contributed by atoms with Crippen molar-refractivity contribution in [2.45, 2.75) is 101 Å². The van der Waals surface area contributed by atoms with Crippen molar-refractivity contribution in [1.82, 2.24) is 0 Å². The molecule has 0 bridgehead atoms. The van der Waals surface area contributed by atoms with Crippen LogP contribution in [0.2, 0.25) is 0 Å². The highest BCUT2D eigenvalue weighted by Crippen LogP contribution is 2.69. The maximum atomic E-state index is 12.5. The number of hydrogen-bond acceptors (Lipinski definition) is 9. The maximum Gasteiger partial charge on any atom is 0.331 e. The zero-order chi connectivity index (χ0) is 26.1. The van der Waals surface area contributed by atoms with Crippen molar-refractivity contribution in [2.75, 3.05) is 20.0 Å². The fraction of sp³-hybridized carbons (Fsp3) is 0.828. The molecule has 8 rings (SSSR count). The Morgan fingerprint density at radius 3 is 2.79 bits per heavy atom. The van der Waals surface area contributed by atoms with Gasteiger partial charge in [0.25, 0.3) is 0 Å². The van der Waals surface area contributed by atoms with E-state index in [0.717, 1.165) is 24.8 Å². The summed E-state index contributed by atoms with van der Waals surface area (Å²) in [7, 11) is 0. The summed E-state index contributed by atoms with van der Waals surface area (Å²) in [6.45, 7) is 5.36. The Kier molecular flexibility index (Phi) is 5.09. The third kappa shape index (κ3) is 2.94. The molecule has 3 saturated carbocycles. The Labute approximate surface area is 222 Å². The first kappa shape index (κ1) is 24.5. The second-order valence-corrected chi connectivity index (χ2v) is 13.4. The van der Waals surface area contributed by atoms with Gasteiger partial charge in [0.15, 0.2) is 6.79 Å². The van der Waals surface area contributed by atoms with Gasteiger partial charge < -0.3 is 38.6 Å². The van der Waals surface area contributed by atoms with Gasteiger partial charge >= 0.3 is 5.97 Å². The molecule has 2 N–H and O–H groups in total. The SMILES string of the molecule is C[C@]12C[C@H]3O[C@@]45OCO[C@@H]4CCO[C@H]5O[C@@H]3C=C1CC[C@@H]1[C@@H]2[C@H](O)C[C@]2(C)[C@@H](C3=CC(=O)OC3)CC[C@]12O. The molecule has 38 heavy (non-hydrogen) atoms. The van der Waals surface area contributed by atoms with Crippen LogP contribution in [0.3, 0.4) is 0 Å². The lowest BCUT2D eigenvalue weighted by Crippen LogP contribution is -2.69. The van der Waals surface area contributed by atoms with E-state index in [1.54, 1.807) is 6.08 Å². The van der Waals surface area contributed by atoms with E-state index in [-0.39, 0.29) is 54.2 Å². The average molecular weight is 531 g/mol. The van der Waals surface area contributed by atoms with Crippen molar-refractivity contribution in [2.24, 2.45) is 28.6 Å². The van der Waals surface area contributed by atoms with Gasteiger partial charge in [0, 0.05) is 17.9 Å². The molecule has 3 saturated heterocycles. The number of aliphatic hydroxyl groups excluding tert-OH is 1. The van der Waals surface area contributed by atoms with E-state index in [1.165, 1.54) is 5.57 Å². The molecule has 208 valence electrons. The fourth-order valence-electron chi connectivity index (χ4n) is 10.2. The van der Waals surface area contributed by atoms with E-state index in [0.29, 0.717) is 38.9 Å². The monoisotopic (exact) mass is 530 g/mol. The van der Waals surface area contributed by atoms with E-state index >= 15 is 0 Å². The highest BCUT2D eigenvalue weighted by Gasteiger charge is 2.71. The van der Waals surface area contributed by atoms with Gasteiger partial charge in [0.2, 0.25) is 12.1 Å². The summed E-state index contributed by atoms with van der Waals surface area (Å²) in [6.07, 6.45) is 6.87. The molecule has 1 spiro atoms. The largest absolute Gasteiger partial charge is 0.458 e. The number of esters is 1. The molecule has 0 aromatic carbocycles. The molecule has 9 nitrogen and oxygen atoms in total. The van der Waals surface area contributed by atoms with Gasteiger partial charge in [-0.15, -0.1) is 0 Å². The molecule has 8 aliphatic rings. The van der Waals surface area contributed by atoms with E-state index < -0.39 is 29.2 Å². The zero-order valence-corrected chi connectivity index (χ0v) is 22.1. The molecule has 0 unspecified atom stereocenters. The molecule has 0 aromatic rings. The highest BCUT2D eigenvalue weighted by atomic mass is 16.9. The van der Waals surface area contributed by atoms with Crippen LogP contribution in [0.1, 0.15) is 58.8 Å². The Hall–Kier alpha value is -1.33. The van der Waals surface area contributed by atoms with Crippen LogP contribution in [-0.2, 0) is 33.2 Å². The molecule has 6 fully saturated rings. The number of carbonyl (C=O) groups excluding carboxylic acids is 1. The van der Waals surface area contributed by atoms with Gasteiger partial charge in [-0.25, -0.2) is 4.79 Å². The number of hydrogen-bond donors (Lipinski definition) is 2. The lowest BCUT2D eigenvalue weighted by Gasteiger charge is -2.64. The van der Waals surface area contributed by atoms with Crippen LogP contribution in [0.5, 0.6) is 0 Å². The summed E-state index contributed by atoms with van der Waals surface area (Å²) in [6, 6.07) is 0. The first-order valence-corrected chi connectivity index (χ1v) is 14.4. The topological polar surface area (TPSA) is 113 Å². The molecular formula is C29H38O9. The first-order valence-electron chi connectivity index (χ1n) is 14.4. The molecule has 0 radical (unpaired) electrons. The molecule has 4 heterocycles. The standard InChI is InChI=1S/C29H38O9/c1-26-12-21-20(37-25-29(38-21)22(6-8-33-25)35-14-36-29)10-16(26)3-4-18-24(26)19(30)11-27(2)17(5-7-28(18,27)32)15-9-23(31)34-13-15/h9-10,17-22,24-25,30,32H,3-8,11-14H2,1-2H3/t17-,18-,19-,20-,21-,22-,24-,25+,26+,27-,28+,29+/m1/s1. The Balaban J connectivity index is 1.13. The number of cyclic esters (lactones) is 1. The smallest absolute Gasteiger partial charge is 0.331 e. The lowest BCUT2D eigenvalue weighted by atomic mass is 9.44. The van der Waals surface area contributed by atoms with Crippen LogP contribution in [0.4, 0.5) is 0 Å². The van der Waals surface area contributed by atoms with Crippen molar-refractivity contribution < 1.29 is 43.4 Å². The summed E-state index contributed by atoms with van der Waals surface area (Å²) in [5.74, 6) is -1.48. The molecule has 4 aliphatic heterocycles. The summed E-state index contributed by atoms with van der Waals surface area (Å²) >= 11 is 0. The van der Waals surface area contributed by atoms with Gasteiger partial charge in [-0.3, -0.25) is 0 Å². The summed E-state index contributed by atoms with van der Waals surface area (Å²) in [5, 5.41) is 24.4. The van der Waals surface area contributed by atoms with Crippen molar-refractivity contribution in [3.05, 3.63) is 23.3 Å². The number of allylic oxidation sites excluding steroid dienone is 1. The molecule has 12 atom stereocenters. The van der Waals surface area contributed by atoms with Gasteiger partial charge in [-0.2, -0.15) is 0 Å². The van der Waals surface area contributed by atoms with E-state index in [9.17, 15) is 15.0 Å². The van der Waals surface area contributed by atoms with E-state index in [2.05, 4.69) is 19.9 Å². The third-order valence-corrected chi connectivity index (χ3v) is 11.9. The fourth-order valence-corrected chi connectivity index (χ4v) is 10.2. The molecule has 0 aromatic heterocycles. The highest BCUT2D eigenvalue weighted by molar-refractivity contribution is 5.85. The Bertz CT molecular complexity index is 1120. The van der Waals surface area contributed by atoms with Crippen LogP contribution in [0.15, 0.2) is 23.3 Å². The van der Waals surface area contributed by atoms with Crippen LogP contribution >= 0.6 is 0 Å². The molecule has 0 amide bonds. The minimum Gasteiger partial charge on any atom is -0.458 e. The summed E-state index contributed by atoms with van der Waals surface area (Å²) in [4.78, 5) is 11.9. The normalized spacial score (nSPS) is 56.9. The van der Waals surface area contributed by atoms with E-state index in [4.69, 9.17) is 28.4 Å². The second kappa shape index (κ2) is 7.90. The van der Waals surface area contributed by atoms with Gasteiger partial charge in [0.05, 0.1) is 24.4 Å². The molecular weight excluding hydrogens is 492 g/mol. The molecule has 4 aliphatic carbocycles. The van der Waals surface area contributed by atoms with Crippen molar-refractivity contribution in [1.29, 1.82) is 0 Å². The van der Waals surface area contributed by atoms with Crippen molar-refractivity contribution in [3.8, 4) is 0 Å². The summed E-state index contributed by atoms with van der Waals surface area (Å²) < 4.78 is 36.2.